The maximum Gasteiger partial charge on any atom is 0.303 e. The van der Waals surface area contributed by atoms with Gasteiger partial charge in [-0.2, -0.15) is 0 Å². The molecule has 0 radical (unpaired) electrons. The van der Waals surface area contributed by atoms with Gasteiger partial charge in [0.2, 0.25) is 0 Å². The van der Waals surface area contributed by atoms with E-state index >= 15 is 0 Å². The lowest BCUT2D eigenvalue weighted by molar-refractivity contribution is -0.137. The number of aromatic hydroxyl groups is 1. The molecule has 3 N–H and O–H groups in total. The van der Waals surface area contributed by atoms with E-state index in [9.17, 15) is 15.0 Å². The molecule has 6 heteroatoms. The van der Waals surface area contributed by atoms with Gasteiger partial charge in [-0.05, 0) is 49.3 Å². The van der Waals surface area contributed by atoms with Crippen LogP contribution in [-0.2, 0) is 16.1 Å². The quantitative estimate of drug-likeness (QED) is 0.389. The van der Waals surface area contributed by atoms with Gasteiger partial charge in [-0.15, -0.1) is 5.92 Å². The number of aliphatic carboxylic acids is 1. The molecule has 0 amide bonds. The molecular weight excluding hydrogens is 346 g/mol. The maximum atomic E-state index is 10.4. The van der Waals surface area contributed by atoms with Crippen LogP contribution in [0.5, 0.6) is 5.75 Å². The van der Waals surface area contributed by atoms with Crippen molar-refractivity contribution >= 4 is 11.7 Å². The van der Waals surface area contributed by atoms with Crippen LogP contribution in [0.2, 0.25) is 0 Å². The third kappa shape index (κ3) is 5.01. The van der Waals surface area contributed by atoms with Crippen LogP contribution >= 0.6 is 0 Å². The summed E-state index contributed by atoms with van der Waals surface area (Å²) in [5.41, 5.74) is 2.00. The second-order valence-electron chi connectivity index (χ2n) is 7.21. The summed E-state index contributed by atoms with van der Waals surface area (Å²) < 4.78 is 0. The molecule has 0 aromatic heterocycles. The van der Waals surface area contributed by atoms with Gasteiger partial charge in [0, 0.05) is 24.7 Å². The van der Waals surface area contributed by atoms with Crippen molar-refractivity contribution in [2.24, 2.45) is 22.9 Å². The van der Waals surface area contributed by atoms with Crippen molar-refractivity contribution < 1.29 is 25.0 Å². The van der Waals surface area contributed by atoms with Crippen molar-refractivity contribution in [3.8, 4) is 17.6 Å². The van der Waals surface area contributed by atoms with Gasteiger partial charge < -0.3 is 20.2 Å². The number of aliphatic hydroxyl groups excluding tert-OH is 1. The number of nitrogens with zero attached hydrogens (tertiary/aromatic N) is 1. The molecule has 6 nitrogen and oxygen atoms in total. The lowest BCUT2D eigenvalue weighted by Gasteiger charge is -2.33. The summed E-state index contributed by atoms with van der Waals surface area (Å²) in [6, 6.07) is 7.17. The number of aryl methyl sites for hydroxylation is 1. The Labute approximate surface area is 158 Å². The zero-order chi connectivity index (χ0) is 19.2. The number of carboxylic acid groups (broad SMARTS) is 1. The molecule has 0 bridgehead atoms. The number of phenols is 1. The average molecular weight is 371 g/mol. The van der Waals surface area contributed by atoms with Crippen LogP contribution in [0.25, 0.3) is 0 Å². The summed E-state index contributed by atoms with van der Waals surface area (Å²) in [6.07, 6.45) is 3.08. The van der Waals surface area contributed by atoms with Gasteiger partial charge in [0.25, 0.3) is 0 Å². The maximum absolute atomic E-state index is 10.4. The molecule has 1 aromatic rings. The second-order valence-corrected chi connectivity index (χ2v) is 7.21. The molecule has 0 spiro atoms. The van der Waals surface area contributed by atoms with Crippen LogP contribution in [0.1, 0.15) is 37.7 Å². The Kier molecular flexibility index (Phi) is 6.36. The van der Waals surface area contributed by atoms with Crippen LogP contribution in [-0.4, -0.2) is 39.7 Å². The molecule has 3 rings (SSSR count). The van der Waals surface area contributed by atoms with Gasteiger partial charge in [-0.25, -0.2) is 0 Å². The Hall–Kier alpha value is -2.52. The number of fused-ring (bicyclic) bond motifs is 1. The molecule has 144 valence electrons. The highest BCUT2D eigenvalue weighted by molar-refractivity contribution is 5.93. The number of phenolic OH excluding ortho intramolecular Hbond substituents is 1. The topological polar surface area (TPSA) is 99.4 Å². The minimum Gasteiger partial charge on any atom is -0.508 e. The summed E-state index contributed by atoms with van der Waals surface area (Å²) in [5, 5.41) is 32.6. The van der Waals surface area contributed by atoms with Gasteiger partial charge in [0.1, 0.15) is 12.4 Å². The van der Waals surface area contributed by atoms with Gasteiger partial charge in [-0.3, -0.25) is 4.79 Å². The minimum absolute atomic E-state index is 0.0381. The van der Waals surface area contributed by atoms with Crippen LogP contribution in [0.15, 0.2) is 29.4 Å². The lowest BCUT2D eigenvalue weighted by Crippen LogP contribution is -2.38. The number of rotatable bonds is 7. The number of aliphatic hydroxyl groups is 1. The van der Waals surface area contributed by atoms with E-state index in [1.54, 1.807) is 12.1 Å². The van der Waals surface area contributed by atoms with Crippen LogP contribution in [0.3, 0.4) is 0 Å². The van der Waals surface area contributed by atoms with Crippen molar-refractivity contribution in [1.82, 2.24) is 0 Å². The van der Waals surface area contributed by atoms with Crippen LogP contribution in [0, 0.1) is 29.6 Å². The monoisotopic (exact) mass is 371 g/mol. The SMILES string of the molecule is O=C(O)CCCON=C1CC2C1CC(C#CCCc1cccc(O)c1)C2O. The zero-order valence-corrected chi connectivity index (χ0v) is 15.2. The Morgan fingerprint density at radius 1 is 1.37 bits per heavy atom. The minimum atomic E-state index is -0.834. The Morgan fingerprint density at radius 2 is 2.22 bits per heavy atom. The van der Waals surface area contributed by atoms with Crippen molar-refractivity contribution in [2.45, 2.75) is 44.6 Å². The van der Waals surface area contributed by atoms with Gasteiger partial charge in [0.15, 0.2) is 0 Å². The highest BCUT2D eigenvalue weighted by Crippen LogP contribution is 2.47. The number of benzene rings is 1. The van der Waals surface area contributed by atoms with E-state index in [0.717, 1.165) is 30.5 Å². The molecule has 2 aliphatic rings. The molecule has 1 aromatic carbocycles. The second kappa shape index (κ2) is 8.92. The first kappa shape index (κ1) is 19.2. The molecule has 4 atom stereocenters. The fourth-order valence-corrected chi connectivity index (χ4v) is 3.79. The predicted molar refractivity (Wildman–Crippen MR) is 100 cm³/mol. The molecule has 0 saturated heterocycles. The zero-order valence-electron chi connectivity index (χ0n) is 15.2. The number of hydrogen-bond donors (Lipinski definition) is 3. The standard InChI is InChI=1S/C21H25NO5/c23-16-8-3-6-14(11-16)5-1-2-7-15-12-17-18(21(15)26)13-19(17)22-27-10-4-9-20(24)25/h3,6,8,11,15,17-18,21,23,26H,1,4-5,9-10,12-13H2,(H,24,25). The molecule has 0 aliphatic heterocycles. The summed E-state index contributed by atoms with van der Waals surface area (Å²) in [5.74, 6) is 6.19. The number of carboxylic acids is 1. The first-order valence-corrected chi connectivity index (χ1v) is 9.39. The summed E-state index contributed by atoms with van der Waals surface area (Å²) in [7, 11) is 0. The van der Waals surface area contributed by atoms with Crippen molar-refractivity contribution in [2.75, 3.05) is 6.61 Å². The van der Waals surface area contributed by atoms with Crippen LogP contribution in [0.4, 0.5) is 0 Å². The normalized spacial score (nSPS) is 27.4. The van der Waals surface area contributed by atoms with E-state index in [2.05, 4.69) is 17.0 Å². The molecule has 2 saturated carbocycles. The average Bonchev–Trinajstić information content (AvgIpc) is 2.85. The predicted octanol–water partition coefficient (Wildman–Crippen LogP) is 2.58. The van der Waals surface area contributed by atoms with Gasteiger partial charge >= 0.3 is 5.97 Å². The lowest BCUT2D eigenvalue weighted by atomic mass is 9.73. The fraction of sp³-hybridized carbons (Fsp3) is 0.524. The highest BCUT2D eigenvalue weighted by Gasteiger charge is 2.51. The molecule has 2 fully saturated rings. The summed E-state index contributed by atoms with van der Waals surface area (Å²) >= 11 is 0. The summed E-state index contributed by atoms with van der Waals surface area (Å²) in [4.78, 5) is 15.7. The third-order valence-electron chi connectivity index (χ3n) is 5.29. The molecular formula is C21H25NO5. The molecule has 0 heterocycles. The van der Waals surface area contributed by atoms with Crippen LogP contribution < -0.4 is 0 Å². The fourth-order valence-electron chi connectivity index (χ4n) is 3.79. The van der Waals surface area contributed by atoms with Crippen molar-refractivity contribution in [1.29, 1.82) is 0 Å². The van der Waals surface area contributed by atoms with E-state index in [4.69, 9.17) is 9.94 Å². The largest absolute Gasteiger partial charge is 0.508 e. The first-order valence-electron chi connectivity index (χ1n) is 9.39. The Balaban J connectivity index is 1.43. The Morgan fingerprint density at radius 3 is 3.00 bits per heavy atom. The van der Waals surface area contributed by atoms with Gasteiger partial charge in [0.05, 0.1) is 11.8 Å². The number of oxime groups is 1. The molecule has 4 unspecified atom stereocenters. The smallest absolute Gasteiger partial charge is 0.303 e. The third-order valence-corrected chi connectivity index (χ3v) is 5.29. The van der Waals surface area contributed by atoms with Crippen molar-refractivity contribution in [3.63, 3.8) is 0 Å². The van der Waals surface area contributed by atoms with E-state index < -0.39 is 12.1 Å². The Bertz CT molecular complexity index is 763. The molecule has 2 aliphatic carbocycles. The van der Waals surface area contributed by atoms with Crippen molar-refractivity contribution in [3.05, 3.63) is 29.8 Å². The first-order chi connectivity index (χ1) is 13.0. The number of hydrogen-bond acceptors (Lipinski definition) is 5. The molecule has 27 heavy (non-hydrogen) atoms. The van der Waals surface area contributed by atoms with E-state index in [0.29, 0.717) is 19.4 Å². The van der Waals surface area contributed by atoms with E-state index in [1.165, 1.54) is 0 Å². The van der Waals surface area contributed by atoms with Gasteiger partial charge in [-0.1, -0.05) is 23.2 Å². The highest BCUT2D eigenvalue weighted by atomic mass is 16.6. The summed E-state index contributed by atoms with van der Waals surface area (Å²) in [6.45, 7) is 0.300. The van der Waals surface area contributed by atoms with E-state index in [-0.39, 0.29) is 29.9 Å². The number of carbonyl (C=O) groups is 1. The van der Waals surface area contributed by atoms with E-state index in [1.807, 2.05) is 12.1 Å².